The summed E-state index contributed by atoms with van der Waals surface area (Å²) >= 11 is 0. The van der Waals surface area contributed by atoms with Crippen molar-refractivity contribution < 1.29 is 18.7 Å². The molecular weight excluding hydrogens is 357 g/mol. The Labute approximate surface area is 162 Å². The van der Waals surface area contributed by atoms with Gasteiger partial charge in [0.05, 0.1) is 11.8 Å². The number of imide groups is 1. The van der Waals surface area contributed by atoms with Crippen molar-refractivity contribution in [3.63, 3.8) is 0 Å². The van der Waals surface area contributed by atoms with Crippen LogP contribution >= 0.6 is 0 Å². The second-order valence-electron chi connectivity index (χ2n) is 6.70. The normalized spacial score (nSPS) is 18.8. The highest BCUT2D eigenvalue weighted by Crippen LogP contribution is 2.38. The summed E-state index contributed by atoms with van der Waals surface area (Å²) in [5, 5.41) is 2.39. The predicted molar refractivity (Wildman–Crippen MR) is 102 cm³/mol. The molecule has 140 valence electrons. The first-order valence-corrected chi connectivity index (χ1v) is 8.99. The molecule has 1 saturated heterocycles. The Morgan fingerprint density at radius 3 is 1.86 bits per heavy atom. The van der Waals surface area contributed by atoms with Gasteiger partial charge in [0.15, 0.2) is 0 Å². The molecule has 3 aromatic carbocycles. The Kier molecular flexibility index (Phi) is 4.89. The van der Waals surface area contributed by atoms with E-state index >= 15 is 0 Å². The van der Waals surface area contributed by atoms with Crippen LogP contribution in [-0.4, -0.2) is 11.8 Å². The highest BCUT2D eigenvalue weighted by Gasteiger charge is 2.43. The van der Waals surface area contributed by atoms with Crippen molar-refractivity contribution in [3.05, 3.63) is 101 Å². The van der Waals surface area contributed by atoms with Gasteiger partial charge in [0, 0.05) is 0 Å². The first-order valence-electron chi connectivity index (χ1n) is 8.99. The van der Waals surface area contributed by atoms with Gasteiger partial charge in [-0.1, -0.05) is 54.6 Å². The maximum Gasteiger partial charge on any atom is 0.235 e. The number of hydrogen-bond donors (Lipinski definition) is 1. The molecule has 1 N–H and O–H groups in total. The molecular formula is C23H18FNO3. The van der Waals surface area contributed by atoms with Crippen LogP contribution in [0.15, 0.2) is 78.9 Å². The number of hydrogen-bond acceptors (Lipinski definition) is 3. The first kappa shape index (κ1) is 17.9. The largest absolute Gasteiger partial charge is 0.489 e. The van der Waals surface area contributed by atoms with Crippen LogP contribution < -0.4 is 10.1 Å². The Hall–Kier alpha value is -3.47. The standard InChI is InChI=1S/C23H18FNO3/c24-18-10-6-16(7-11-18)20-21(23(27)25-22(20)26)17-8-12-19(13-9-17)28-14-15-4-2-1-3-5-15/h1-13,20-21H,14H2,(H,25,26,27). The molecule has 0 radical (unpaired) electrons. The van der Waals surface area contributed by atoms with Gasteiger partial charge in [0.25, 0.3) is 0 Å². The molecule has 5 heteroatoms. The third kappa shape index (κ3) is 3.64. The molecule has 2 unspecified atom stereocenters. The minimum atomic E-state index is -0.677. The molecule has 2 atom stereocenters. The van der Waals surface area contributed by atoms with Gasteiger partial charge in [-0.2, -0.15) is 0 Å². The van der Waals surface area contributed by atoms with E-state index < -0.39 is 11.8 Å². The summed E-state index contributed by atoms with van der Waals surface area (Å²) in [5.41, 5.74) is 2.38. The van der Waals surface area contributed by atoms with Crippen LogP contribution in [0.1, 0.15) is 28.5 Å². The summed E-state index contributed by atoms with van der Waals surface area (Å²) < 4.78 is 19.0. The molecule has 0 aliphatic carbocycles. The lowest BCUT2D eigenvalue weighted by molar-refractivity contribution is -0.125. The van der Waals surface area contributed by atoms with Gasteiger partial charge in [0.2, 0.25) is 11.8 Å². The van der Waals surface area contributed by atoms with Crippen LogP contribution in [0, 0.1) is 5.82 Å². The van der Waals surface area contributed by atoms with Crippen molar-refractivity contribution in [1.82, 2.24) is 5.32 Å². The number of amides is 2. The molecule has 1 aliphatic heterocycles. The van der Waals surface area contributed by atoms with Crippen molar-refractivity contribution in [1.29, 1.82) is 0 Å². The van der Waals surface area contributed by atoms with Gasteiger partial charge in [-0.25, -0.2) is 4.39 Å². The van der Waals surface area contributed by atoms with E-state index in [1.807, 2.05) is 30.3 Å². The Morgan fingerprint density at radius 1 is 0.750 bits per heavy atom. The summed E-state index contributed by atoms with van der Waals surface area (Å²) in [4.78, 5) is 24.7. The van der Waals surface area contributed by atoms with Crippen LogP contribution in [-0.2, 0) is 16.2 Å². The fraction of sp³-hybridized carbons (Fsp3) is 0.130. The van der Waals surface area contributed by atoms with E-state index in [0.717, 1.165) is 5.56 Å². The Morgan fingerprint density at radius 2 is 1.29 bits per heavy atom. The lowest BCUT2D eigenvalue weighted by atomic mass is 9.83. The Bertz CT molecular complexity index is 985. The molecule has 0 bridgehead atoms. The minimum absolute atomic E-state index is 0.350. The minimum Gasteiger partial charge on any atom is -0.489 e. The van der Waals surface area contributed by atoms with E-state index in [0.29, 0.717) is 23.5 Å². The maximum atomic E-state index is 13.2. The third-order valence-electron chi connectivity index (χ3n) is 4.86. The van der Waals surface area contributed by atoms with Crippen LogP contribution in [0.4, 0.5) is 4.39 Å². The summed E-state index contributed by atoms with van der Waals surface area (Å²) in [7, 11) is 0. The summed E-state index contributed by atoms with van der Waals surface area (Å²) in [5.74, 6) is -1.76. The van der Waals surface area contributed by atoms with Crippen molar-refractivity contribution in [2.24, 2.45) is 0 Å². The number of carbonyl (C=O) groups is 2. The molecule has 4 rings (SSSR count). The van der Waals surface area contributed by atoms with Crippen molar-refractivity contribution in [2.75, 3.05) is 0 Å². The first-order chi connectivity index (χ1) is 13.6. The van der Waals surface area contributed by atoms with Crippen LogP contribution in [0.5, 0.6) is 5.75 Å². The van der Waals surface area contributed by atoms with Gasteiger partial charge in [-0.05, 0) is 41.0 Å². The molecule has 1 fully saturated rings. The van der Waals surface area contributed by atoms with E-state index in [9.17, 15) is 14.0 Å². The predicted octanol–water partition coefficient (Wildman–Crippen LogP) is 3.93. The van der Waals surface area contributed by atoms with Gasteiger partial charge in [-0.15, -0.1) is 0 Å². The van der Waals surface area contributed by atoms with Crippen LogP contribution in [0.2, 0.25) is 0 Å². The van der Waals surface area contributed by atoms with E-state index in [2.05, 4.69) is 5.32 Å². The van der Waals surface area contributed by atoms with Crippen molar-refractivity contribution in [3.8, 4) is 5.75 Å². The van der Waals surface area contributed by atoms with E-state index in [1.165, 1.54) is 12.1 Å². The van der Waals surface area contributed by atoms with Gasteiger partial charge < -0.3 is 4.74 Å². The highest BCUT2D eigenvalue weighted by molar-refractivity contribution is 6.10. The van der Waals surface area contributed by atoms with Crippen LogP contribution in [0.25, 0.3) is 0 Å². The summed E-state index contributed by atoms with van der Waals surface area (Å²) in [6.07, 6.45) is 0. The number of nitrogens with one attached hydrogen (secondary N) is 1. The second kappa shape index (κ2) is 7.64. The zero-order chi connectivity index (χ0) is 19.5. The quantitative estimate of drug-likeness (QED) is 0.688. The van der Waals surface area contributed by atoms with Crippen molar-refractivity contribution in [2.45, 2.75) is 18.4 Å². The topological polar surface area (TPSA) is 55.4 Å². The fourth-order valence-electron chi connectivity index (χ4n) is 3.45. The molecule has 4 nitrogen and oxygen atoms in total. The number of halogens is 1. The van der Waals surface area contributed by atoms with Crippen molar-refractivity contribution >= 4 is 11.8 Å². The smallest absolute Gasteiger partial charge is 0.235 e. The lowest BCUT2D eigenvalue weighted by Crippen LogP contribution is -2.21. The Balaban J connectivity index is 1.54. The van der Waals surface area contributed by atoms with E-state index in [-0.39, 0.29) is 17.6 Å². The van der Waals surface area contributed by atoms with Gasteiger partial charge in [0.1, 0.15) is 18.2 Å². The average Bonchev–Trinajstić information content (AvgIpc) is 3.02. The second-order valence-corrected chi connectivity index (χ2v) is 6.70. The molecule has 0 aromatic heterocycles. The molecule has 28 heavy (non-hydrogen) atoms. The van der Waals surface area contributed by atoms with Gasteiger partial charge in [-0.3, -0.25) is 14.9 Å². The zero-order valence-electron chi connectivity index (χ0n) is 15.0. The highest BCUT2D eigenvalue weighted by atomic mass is 19.1. The molecule has 1 heterocycles. The monoisotopic (exact) mass is 375 g/mol. The number of carbonyl (C=O) groups excluding carboxylic acids is 2. The fourth-order valence-corrected chi connectivity index (χ4v) is 3.45. The van der Waals surface area contributed by atoms with E-state index in [1.54, 1.807) is 36.4 Å². The van der Waals surface area contributed by atoms with Gasteiger partial charge >= 0.3 is 0 Å². The number of rotatable bonds is 5. The maximum absolute atomic E-state index is 13.2. The average molecular weight is 375 g/mol. The SMILES string of the molecule is O=C1NC(=O)C(c2ccc(OCc3ccccc3)cc2)C1c1ccc(F)cc1. The van der Waals surface area contributed by atoms with E-state index in [4.69, 9.17) is 4.74 Å². The lowest BCUT2D eigenvalue weighted by Gasteiger charge is -2.17. The molecule has 0 saturated carbocycles. The summed E-state index contributed by atoms with van der Waals surface area (Å²) in [6, 6.07) is 22.7. The number of benzene rings is 3. The zero-order valence-corrected chi connectivity index (χ0v) is 15.0. The summed E-state index contributed by atoms with van der Waals surface area (Å²) in [6.45, 7) is 0.445. The number of ether oxygens (including phenoxy) is 1. The third-order valence-corrected chi connectivity index (χ3v) is 4.86. The molecule has 1 aliphatic rings. The molecule has 0 spiro atoms. The molecule has 3 aromatic rings. The van der Waals surface area contributed by atoms with Crippen LogP contribution in [0.3, 0.4) is 0 Å². The molecule has 2 amide bonds.